The Morgan fingerprint density at radius 2 is 2.00 bits per heavy atom. The second kappa shape index (κ2) is 8.27. The molecule has 4 rings (SSSR count). The lowest BCUT2D eigenvalue weighted by Gasteiger charge is -2.33. The van der Waals surface area contributed by atoms with E-state index < -0.39 is 0 Å². The molecular weight excluding hydrogens is 340 g/mol. The molecule has 0 saturated carbocycles. The standard InChI is InChI=1S/C22H24N2O3/c25-22(11-10-18-15-17-7-2-3-8-20(17)27-18)23-16-19(21-9-6-14-26-21)24-12-4-1-5-13-24/h2-3,6-11,14-15,19H,1,4-5,12-13,16H2,(H,23,25)/b11-10+. The summed E-state index contributed by atoms with van der Waals surface area (Å²) in [6.07, 6.45) is 8.57. The highest BCUT2D eigenvalue weighted by Crippen LogP contribution is 2.24. The summed E-state index contributed by atoms with van der Waals surface area (Å²) in [6, 6.07) is 13.7. The lowest BCUT2D eigenvalue weighted by molar-refractivity contribution is -0.116. The largest absolute Gasteiger partial charge is 0.468 e. The van der Waals surface area contributed by atoms with Gasteiger partial charge in [-0.1, -0.05) is 24.6 Å². The zero-order valence-corrected chi connectivity index (χ0v) is 15.3. The molecule has 0 radical (unpaired) electrons. The summed E-state index contributed by atoms with van der Waals surface area (Å²) in [5.74, 6) is 1.44. The summed E-state index contributed by atoms with van der Waals surface area (Å²) in [5.41, 5.74) is 0.820. The number of benzene rings is 1. The Balaban J connectivity index is 1.38. The van der Waals surface area contributed by atoms with Gasteiger partial charge >= 0.3 is 0 Å². The fraction of sp³-hybridized carbons (Fsp3) is 0.318. The first-order valence-corrected chi connectivity index (χ1v) is 9.51. The number of nitrogens with one attached hydrogen (secondary N) is 1. The summed E-state index contributed by atoms with van der Waals surface area (Å²) in [7, 11) is 0. The molecule has 0 aliphatic carbocycles. The van der Waals surface area contributed by atoms with Crippen LogP contribution in [0.3, 0.4) is 0 Å². The topological polar surface area (TPSA) is 58.6 Å². The van der Waals surface area contributed by atoms with Crippen molar-refractivity contribution in [2.45, 2.75) is 25.3 Å². The van der Waals surface area contributed by atoms with Gasteiger partial charge in [0.2, 0.25) is 5.91 Å². The van der Waals surface area contributed by atoms with E-state index in [2.05, 4.69) is 10.2 Å². The average molecular weight is 364 g/mol. The molecule has 5 nitrogen and oxygen atoms in total. The second-order valence-corrected chi connectivity index (χ2v) is 6.89. The first kappa shape index (κ1) is 17.6. The smallest absolute Gasteiger partial charge is 0.244 e. The van der Waals surface area contributed by atoms with E-state index >= 15 is 0 Å². The third kappa shape index (κ3) is 4.31. The van der Waals surface area contributed by atoms with E-state index in [1.807, 2.05) is 42.5 Å². The molecule has 3 heterocycles. The molecule has 0 spiro atoms. The maximum Gasteiger partial charge on any atom is 0.244 e. The van der Waals surface area contributed by atoms with Gasteiger partial charge in [-0.05, 0) is 56.3 Å². The maximum atomic E-state index is 12.3. The van der Waals surface area contributed by atoms with Crippen molar-refractivity contribution >= 4 is 23.0 Å². The van der Waals surface area contributed by atoms with Crippen LogP contribution in [0.2, 0.25) is 0 Å². The number of furan rings is 2. The molecule has 1 fully saturated rings. The minimum atomic E-state index is -0.135. The van der Waals surface area contributed by atoms with Gasteiger partial charge in [-0.2, -0.15) is 0 Å². The fourth-order valence-corrected chi connectivity index (χ4v) is 3.62. The summed E-state index contributed by atoms with van der Waals surface area (Å²) >= 11 is 0. The van der Waals surface area contributed by atoms with Crippen LogP contribution in [0.15, 0.2) is 63.6 Å². The van der Waals surface area contributed by atoms with Crippen LogP contribution in [0.25, 0.3) is 17.0 Å². The second-order valence-electron chi connectivity index (χ2n) is 6.89. The number of likely N-dealkylation sites (tertiary alicyclic amines) is 1. The zero-order valence-electron chi connectivity index (χ0n) is 15.3. The van der Waals surface area contributed by atoms with E-state index in [1.165, 1.54) is 25.3 Å². The SMILES string of the molecule is O=C(/C=C/c1cc2ccccc2o1)NCC(c1ccco1)N1CCCCC1. The van der Waals surface area contributed by atoms with E-state index in [1.54, 1.807) is 12.3 Å². The van der Waals surface area contributed by atoms with Crippen molar-refractivity contribution < 1.29 is 13.6 Å². The highest BCUT2D eigenvalue weighted by molar-refractivity contribution is 5.92. The first-order valence-electron chi connectivity index (χ1n) is 9.51. The van der Waals surface area contributed by atoms with Crippen LogP contribution >= 0.6 is 0 Å². The Labute approximate surface area is 158 Å². The summed E-state index contributed by atoms with van der Waals surface area (Å²) < 4.78 is 11.3. The van der Waals surface area contributed by atoms with Gasteiger partial charge in [-0.25, -0.2) is 0 Å². The Morgan fingerprint density at radius 1 is 1.15 bits per heavy atom. The lowest BCUT2D eigenvalue weighted by atomic mass is 10.1. The number of piperidine rings is 1. The number of carbonyl (C=O) groups excluding carboxylic acids is 1. The van der Waals surface area contributed by atoms with Crippen LogP contribution in [0.1, 0.15) is 36.8 Å². The number of rotatable bonds is 6. The van der Waals surface area contributed by atoms with Crippen LogP contribution in [0.4, 0.5) is 0 Å². The van der Waals surface area contributed by atoms with Crippen molar-refractivity contribution in [2.75, 3.05) is 19.6 Å². The minimum absolute atomic E-state index is 0.0730. The number of fused-ring (bicyclic) bond motifs is 1. The van der Waals surface area contributed by atoms with Crippen LogP contribution in [0, 0.1) is 0 Å². The molecule has 1 aromatic carbocycles. The van der Waals surface area contributed by atoms with E-state index in [0.29, 0.717) is 12.3 Å². The molecule has 3 aromatic rings. The van der Waals surface area contributed by atoms with Gasteiger partial charge in [-0.15, -0.1) is 0 Å². The summed E-state index contributed by atoms with van der Waals surface area (Å²) in [4.78, 5) is 14.7. The Kier molecular flexibility index (Phi) is 5.39. The molecule has 1 saturated heterocycles. The molecule has 1 atom stereocenters. The molecule has 1 aliphatic heterocycles. The molecule has 140 valence electrons. The van der Waals surface area contributed by atoms with Gasteiger partial charge in [0.15, 0.2) is 0 Å². The van der Waals surface area contributed by atoms with Crippen molar-refractivity contribution in [2.24, 2.45) is 0 Å². The van der Waals surface area contributed by atoms with Crippen molar-refractivity contribution in [1.82, 2.24) is 10.2 Å². The normalized spacial score (nSPS) is 16.7. The molecular formula is C22H24N2O3. The van der Waals surface area contributed by atoms with Crippen molar-refractivity contribution in [3.63, 3.8) is 0 Å². The Morgan fingerprint density at radius 3 is 2.78 bits per heavy atom. The maximum absolute atomic E-state index is 12.3. The van der Waals surface area contributed by atoms with Gasteiger partial charge in [0.25, 0.3) is 0 Å². The van der Waals surface area contributed by atoms with Crippen LogP contribution in [-0.4, -0.2) is 30.4 Å². The Bertz CT molecular complexity index is 872. The quantitative estimate of drug-likeness (QED) is 0.660. The number of para-hydroxylation sites is 1. The van der Waals surface area contributed by atoms with E-state index in [0.717, 1.165) is 29.8 Å². The van der Waals surface area contributed by atoms with E-state index in [-0.39, 0.29) is 11.9 Å². The number of nitrogens with zero attached hydrogens (tertiary/aromatic N) is 1. The number of hydrogen-bond acceptors (Lipinski definition) is 4. The van der Waals surface area contributed by atoms with Gasteiger partial charge in [0.05, 0.1) is 12.3 Å². The van der Waals surface area contributed by atoms with Gasteiger partial charge in [-0.3, -0.25) is 9.69 Å². The zero-order chi connectivity index (χ0) is 18.5. The van der Waals surface area contributed by atoms with E-state index in [4.69, 9.17) is 8.83 Å². The molecule has 1 unspecified atom stereocenters. The molecule has 27 heavy (non-hydrogen) atoms. The highest BCUT2D eigenvalue weighted by atomic mass is 16.3. The third-order valence-corrected chi connectivity index (χ3v) is 5.02. The van der Waals surface area contributed by atoms with Crippen molar-refractivity contribution in [1.29, 1.82) is 0 Å². The summed E-state index contributed by atoms with van der Waals surface area (Å²) in [5, 5.41) is 4.03. The molecule has 1 amide bonds. The van der Waals surface area contributed by atoms with Gasteiger partial charge in [0.1, 0.15) is 17.1 Å². The van der Waals surface area contributed by atoms with E-state index in [9.17, 15) is 4.79 Å². The lowest BCUT2D eigenvalue weighted by Crippen LogP contribution is -2.40. The third-order valence-electron chi connectivity index (χ3n) is 5.02. The van der Waals surface area contributed by atoms with Crippen LogP contribution in [0.5, 0.6) is 0 Å². The first-order chi connectivity index (χ1) is 13.3. The average Bonchev–Trinajstić information content (AvgIpc) is 3.37. The molecule has 1 aliphatic rings. The molecule has 0 bridgehead atoms. The predicted molar refractivity (Wildman–Crippen MR) is 105 cm³/mol. The van der Waals surface area contributed by atoms with Crippen LogP contribution < -0.4 is 5.32 Å². The molecule has 5 heteroatoms. The van der Waals surface area contributed by atoms with Gasteiger partial charge in [0, 0.05) is 18.0 Å². The highest BCUT2D eigenvalue weighted by Gasteiger charge is 2.24. The monoisotopic (exact) mass is 364 g/mol. The van der Waals surface area contributed by atoms with Crippen LogP contribution in [-0.2, 0) is 4.79 Å². The number of carbonyl (C=O) groups is 1. The number of amides is 1. The minimum Gasteiger partial charge on any atom is -0.468 e. The fourth-order valence-electron chi connectivity index (χ4n) is 3.62. The van der Waals surface area contributed by atoms with Crippen molar-refractivity contribution in [3.8, 4) is 0 Å². The molecule has 1 N–H and O–H groups in total. The predicted octanol–water partition coefficient (Wildman–Crippen LogP) is 4.38. The van der Waals surface area contributed by atoms with Crippen molar-refractivity contribution in [3.05, 3.63) is 66.3 Å². The number of hydrogen-bond donors (Lipinski definition) is 1. The van der Waals surface area contributed by atoms with Gasteiger partial charge < -0.3 is 14.2 Å². The Hall–Kier alpha value is -2.79. The molecule has 2 aromatic heterocycles. The summed E-state index contributed by atoms with van der Waals surface area (Å²) in [6.45, 7) is 2.60.